The van der Waals surface area contributed by atoms with Crippen LogP contribution in [0.2, 0.25) is 15.3 Å². The number of benzene rings is 12. The van der Waals surface area contributed by atoms with Crippen LogP contribution in [0.5, 0.6) is 0 Å². The van der Waals surface area contributed by atoms with E-state index in [-0.39, 0.29) is 20.8 Å². The fourth-order valence-electron chi connectivity index (χ4n) is 11.0. The average Bonchev–Trinajstić information content (AvgIpc) is 1.56. The highest BCUT2D eigenvalue weighted by Gasteiger charge is 2.52. The standard InChI is InChI=1S/C31H27BFN3O2.C25H15ClFN3.C19H12ClN3.C6H5BClFO2/c1-30(2)31(3,4)38-32(37-30)25-19-24(16-17-26(25)33)29-35-27(21-11-6-5-7-12-21)34-28(36-29)23-15-14-20-10-8-9-13-22(20)18-23;26-21-15-20(12-13-22(21)27)25-29-23(17-7-2-1-3-8-17)28-24(30-25)19-11-10-16-6-4-5-9-18(16)14-19;20-19-22-17(14-7-2-1-3-8-14)21-18(23-19)16-11-10-13-6-4-5-9-15(13)12-16;8-5-3-4(7(10)11)1-2-6(5)9/h5-19H,1-4H3;1-15H;1-12H;1-3,10-11H. The summed E-state index contributed by atoms with van der Waals surface area (Å²) in [4.78, 5) is 41.5. The second-order valence-corrected chi connectivity index (χ2v) is 25.8. The van der Waals surface area contributed by atoms with Crippen LogP contribution in [-0.4, -0.2) is 80.3 Å². The Kier molecular flexibility index (Phi) is 20.8. The summed E-state index contributed by atoms with van der Waals surface area (Å²) in [6.45, 7) is 7.79. The van der Waals surface area contributed by atoms with E-state index in [1.165, 1.54) is 35.7 Å². The smallest absolute Gasteiger partial charge is 0.423 e. The van der Waals surface area contributed by atoms with Crippen molar-refractivity contribution in [3.8, 4) is 91.1 Å². The van der Waals surface area contributed by atoms with E-state index in [2.05, 4.69) is 91.6 Å². The highest BCUT2D eigenvalue weighted by atomic mass is 35.5. The molecule has 0 bridgehead atoms. The Bertz CT molecular complexity index is 5530. The van der Waals surface area contributed by atoms with Gasteiger partial charge in [-0.15, -0.1) is 0 Å². The summed E-state index contributed by atoms with van der Waals surface area (Å²) in [6, 6.07) is 84.9. The van der Waals surface area contributed by atoms with Gasteiger partial charge in [-0.1, -0.05) is 229 Å². The monoisotopic (exact) mass is 1410 g/mol. The molecule has 0 aliphatic carbocycles. The number of hydrogen-bond donors (Lipinski definition) is 2. The Morgan fingerprint density at radius 2 is 0.588 bits per heavy atom. The van der Waals surface area contributed by atoms with Crippen LogP contribution in [0.15, 0.2) is 273 Å². The van der Waals surface area contributed by atoms with Crippen LogP contribution < -0.4 is 10.9 Å². The van der Waals surface area contributed by atoms with Gasteiger partial charge < -0.3 is 19.4 Å². The van der Waals surface area contributed by atoms with Gasteiger partial charge in [-0.25, -0.2) is 48.1 Å². The van der Waals surface area contributed by atoms with Crippen molar-refractivity contribution in [2.24, 2.45) is 0 Å². The van der Waals surface area contributed by atoms with Gasteiger partial charge in [-0.2, -0.15) is 9.97 Å². The number of hydrogen-bond acceptors (Lipinski definition) is 13. The number of rotatable bonds is 10. The molecular formula is C81H59B2Cl3F3N9O4. The van der Waals surface area contributed by atoms with Crippen molar-refractivity contribution in [1.82, 2.24) is 44.9 Å². The van der Waals surface area contributed by atoms with Gasteiger partial charge in [0.05, 0.1) is 21.2 Å². The van der Waals surface area contributed by atoms with E-state index in [1.54, 1.807) is 18.2 Å². The van der Waals surface area contributed by atoms with Crippen LogP contribution in [0.25, 0.3) is 123 Å². The first-order chi connectivity index (χ1) is 49.3. The van der Waals surface area contributed by atoms with Crippen molar-refractivity contribution >= 4 is 92.3 Å². The molecule has 1 aliphatic heterocycles. The lowest BCUT2D eigenvalue weighted by Gasteiger charge is -2.32. The van der Waals surface area contributed by atoms with Crippen LogP contribution in [0, 0.1) is 17.5 Å². The molecular weight excluding hydrogens is 1350 g/mol. The third-order valence-corrected chi connectivity index (χ3v) is 17.9. The molecule has 12 aromatic carbocycles. The molecule has 1 fully saturated rings. The second kappa shape index (κ2) is 30.5. The number of aromatic nitrogens is 9. The van der Waals surface area contributed by atoms with Crippen LogP contribution >= 0.6 is 34.8 Å². The summed E-state index contributed by atoms with van der Waals surface area (Å²) in [6.07, 6.45) is 0. The zero-order chi connectivity index (χ0) is 71.1. The van der Waals surface area contributed by atoms with Crippen molar-refractivity contribution in [3.05, 3.63) is 306 Å². The normalized spacial score (nSPS) is 12.8. The Balaban J connectivity index is 0.000000130. The lowest BCUT2D eigenvalue weighted by Crippen LogP contribution is -2.41. The van der Waals surface area contributed by atoms with E-state index in [0.29, 0.717) is 63.2 Å². The van der Waals surface area contributed by atoms with Gasteiger partial charge in [0.1, 0.15) is 17.5 Å². The van der Waals surface area contributed by atoms with Crippen molar-refractivity contribution < 1.29 is 32.5 Å². The molecule has 1 aliphatic rings. The third kappa shape index (κ3) is 16.1. The lowest BCUT2D eigenvalue weighted by atomic mass is 9.78. The molecule has 2 N–H and O–H groups in total. The maximum absolute atomic E-state index is 15.1. The first kappa shape index (κ1) is 69.6. The Morgan fingerprint density at radius 1 is 0.304 bits per heavy atom. The molecule has 15 aromatic rings. The summed E-state index contributed by atoms with van der Waals surface area (Å²) in [5.41, 5.74) is 5.92. The van der Waals surface area contributed by atoms with E-state index < -0.39 is 42.9 Å². The molecule has 13 nitrogen and oxygen atoms in total. The van der Waals surface area contributed by atoms with E-state index in [0.717, 1.165) is 66.4 Å². The molecule has 0 radical (unpaired) electrons. The molecule has 21 heteroatoms. The summed E-state index contributed by atoms with van der Waals surface area (Å²) in [5.74, 6) is 2.76. The van der Waals surface area contributed by atoms with Gasteiger partial charge in [-0.05, 0) is 144 Å². The third-order valence-electron chi connectivity index (χ3n) is 17.2. The quantitative estimate of drug-likeness (QED) is 0.124. The number of nitrogens with zero attached hydrogens (tertiary/aromatic N) is 9. The zero-order valence-electron chi connectivity index (χ0n) is 55.1. The predicted molar refractivity (Wildman–Crippen MR) is 402 cm³/mol. The first-order valence-electron chi connectivity index (χ1n) is 32.3. The average molecular weight is 1410 g/mol. The summed E-state index contributed by atoms with van der Waals surface area (Å²) >= 11 is 17.5. The van der Waals surface area contributed by atoms with E-state index in [1.807, 2.05) is 179 Å². The fraction of sp³-hybridized carbons (Fsp3) is 0.0741. The fourth-order valence-corrected chi connectivity index (χ4v) is 11.6. The highest BCUT2D eigenvalue weighted by Crippen LogP contribution is 2.38. The van der Waals surface area contributed by atoms with Crippen molar-refractivity contribution in [1.29, 1.82) is 0 Å². The van der Waals surface area contributed by atoms with Gasteiger partial charge in [0.2, 0.25) is 5.28 Å². The minimum Gasteiger partial charge on any atom is -0.423 e. The van der Waals surface area contributed by atoms with E-state index in [9.17, 15) is 8.78 Å². The Morgan fingerprint density at radius 3 is 0.951 bits per heavy atom. The van der Waals surface area contributed by atoms with E-state index in [4.69, 9.17) is 74.1 Å². The molecule has 102 heavy (non-hydrogen) atoms. The van der Waals surface area contributed by atoms with Crippen LogP contribution in [-0.2, 0) is 9.31 Å². The molecule has 3 aromatic heterocycles. The zero-order valence-corrected chi connectivity index (χ0v) is 57.4. The van der Waals surface area contributed by atoms with Crippen molar-refractivity contribution in [2.45, 2.75) is 38.9 Å². The molecule has 0 atom stereocenters. The van der Waals surface area contributed by atoms with Gasteiger partial charge in [0.25, 0.3) is 0 Å². The maximum atomic E-state index is 15.1. The SMILES string of the molecule is CC1(C)OB(c2cc(-c3nc(-c4ccccc4)nc(-c4ccc5ccccc5c4)n3)ccc2F)OC1(C)C.Clc1nc(-c2ccccc2)nc(-c2ccc3ccccc3c2)n1.Fc1ccc(-c2nc(-c3ccccc3)nc(-c3ccc4ccccc4c3)n2)cc1Cl.OB(O)c1ccc(F)c(Cl)c1. The first-order valence-corrected chi connectivity index (χ1v) is 33.4. The molecule has 0 amide bonds. The summed E-state index contributed by atoms with van der Waals surface area (Å²) in [5, 5.41) is 24.1. The van der Waals surface area contributed by atoms with Crippen molar-refractivity contribution in [3.63, 3.8) is 0 Å². The minimum absolute atomic E-state index is 0.0291. The van der Waals surface area contributed by atoms with Crippen LogP contribution in [0.4, 0.5) is 13.2 Å². The topological polar surface area (TPSA) is 175 Å². The Labute approximate surface area is 601 Å². The van der Waals surface area contributed by atoms with Gasteiger partial charge >= 0.3 is 14.2 Å². The van der Waals surface area contributed by atoms with Gasteiger partial charge in [-0.3, -0.25) is 0 Å². The summed E-state index contributed by atoms with van der Waals surface area (Å²) < 4.78 is 53.5. The predicted octanol–water partition coefficient (Wildman–Crippen LogP) is 18.5. The largest absolute Gasteiger partial charge is 0.497 e. The van der Waals surface area contributed by atoms with E-state index >= 15 is 4.39 Å². The Hall–Kier alpha value is -10.9. The lowest BCUT2D eigenvalue weighted by molar-refractivity contribution is 0.00578. The molecule has 0 unspecified atom stereocenters. The number of fused-ring (bicyclic) bond motifs is 3. The molecule has 1 saturated heterocycles. The molecule has 500 valence electrons. The van der Waals surface area contributed by atoms with Crippen LogP contribution in [0.1, 0.15) is 27.7 Å². The van der Waals surface area contributed by atoms with Crippen molar-refractivity contribution in [2.75, 3.05) is 0 Å². The van der Waals surface area contributed by atoms with Gasteiger partial charge in [0, 0.05) is 50.0 Å². The molecule has 4 heterocycles. The molecule has 16 rings (SSSR count). The maximum Gasteiger partial charge on any atom is 0.497 e. The molecule has 0 spiro atoms. The summed E-state index contributed by atoms with van der Waals surface area (Å²) in [7, 11) is -2.44. The minimum atomic E-state index is -1.60. The second-order valence-electron chi connectivity index (χ2n) is 24.6. The van der Waals surface area contributed by atoms with Crippen LogP contribution in [0.3, 0.4) is 0 Å². The number of halogens is 6. The molecule has 0 saturated carbocycles. The van der Waals surface area contributed by atoms with Gasteiger partial charge in [0.15, 0.2) is 46.6 Å². The highest BCUT2D eigenvalue weighted by molar-refractivity contribution is 6.62.